The maximum Gasteiger partial charge on any atom is 0.217 e. The molecule has 2 aromatic carbocycles. The predicted molar refractivity (Wildman–Crippen MR) is 112 cm³/mol. The first-order valence-corrected chi connectivity index (χ1v) is 10.6. The molecule has 3 atom stereocenters. The van der Waals surface area contributed by atoms with Gasteiger partial charge in [-0.25, -0.2) is 4.98 Å². The monoisotopic (exact) mass is 389 g/mol. The van der Waals surface area contributed by atoms with Crippen molar-refractivity contribution in [1.29, 1.82) is 0 Å². The summed E-state index contributed by atoms with van der Waals surface area (Å²) in [6.07, 6.45) is 5.35. The van der Waals surface area contributed by atoms with E-state index in [0.29, 0.717) is 24.5 Å². The number of fused-ring (bicyclic) bond motifs is 3. The predicted octanol–water partition coefficient (Wildman–Crippen LogP) is 4.05. The number of nitrogens with zero attached hydrogens (tertiary/aromatic N) is 2. The van der Waals surface area contributed by atoms with Gasteiger partial charge in [0.15, 0.2) is 11.5 Å². The Morgan fingerprint density at radius 3 is 2.45 bits per heavy atom. The van der Waals surface area contributed by atoms with Crippen LogP contribution in [0.3, 0.4) is 0 Å². The van der Waals surface area contributed by atoms with Crippen molar-refractivity contribution in [3.63, 3.8) is 0 Å². The van der Waals surface area contributed by atoms with Gasteiger partial charge in [-0.15, -0.1) is 0 Å². The summed E-state index contributed by atoms with van der Waals surface area (Å²) >= 11 is 0. The van der Waals surface area contributed by atoms with E-state index in [1.54, 1.807) is 6.92 Å². The van der Waals surface area contributed by atoms with E-state index in [1.165, 1.54) is 24.0 Å². The molecule has 5 rings (SSSR count). The number of nitrogens with one attached hydrogen (secondary N) is 1. The van der Waals surface area contributed by atoms with Gasteiger partial charge in [0.25, 0.3) is 0 Å². The van der Waals surface area contributed by atoms with Crippen LogP contribution in [0.15, 0.2) is 52.9 Å². The molecular weight excluding hydrogens is 362 g/mol. The zero-order valence-corrected chi connectivity index (χ0v) is 16.8. The molecule has 150 valence electrons. The highest BCUT2D eigenvalue weighted by Crippen LogP contribution is 2.36. The molecule has 1 aromatic heterocycles. The van der Waals surface area contributed by atoms with Crippen LogP contribution in [0.1, 0.15) is 49.6 Å². The van der Waals surface area contributed by atoms with Crippen LogP contribution in [0.25, 0.3) is 11.1 Å². The molecule has 0 saturated carbocycles. The van der Waals surface area contributed by atoms with Crippen LogP contribution in [-0.2, 0) is 17.8 Å². The summed E-state index contributed by atoms with van der Waals surface area (Å²) in [6.45, 7) is 2.61. The molecule has 2 bridgehead atoms. The van der Waals surface area contributed by atoms with Crippen molar-refractivity contribution in [3.8, 4) is 0 Å². The molecule has 5 nitrogen and oxygen atoms in total. The van der Waals surface area contributed by atoms with Crippen LogP contribution in [0.5, 0.6) is 0 Å². The third-order valence-corrected chi connectivity index (χ3v) is 6.37. The molecule has 29 heavy (non-hydrogen) atoms. The molecule has 2 aliphatic rings. The Kier molecular flexibility index (Phi) is 4.84. The summed E-state index contributed by atoms with van der Waals surface area (Å²) in [5, 5.41) is 3.13. The summed E-state index contributed by atoms with van der Waals surface area (Å²) in [5.41, 5.74) is 4.32. The Hall–Kier alpha value is -2.66. The Labute approximate surface area is 171 Å². The number of benzene rings is 2. The molecule has 2 saturated heterocycles. The molecule has 3 aromatic rings. The van der Waals surface area contributed by atoms with Crippen LogP contribution in [0, 0.1) is 0 Å². The highest BCUT2D eigenvalue weighted by molar-refractivity contribution is 5.73. The fraction of sp³-hybridized carbons (Fsp3) is 0.417. The van der Waals surface area contributed by atoms with Crippen LogP contribution >= 0.6 is 0 Å². The smallest absolute Gasteiger partial charge is 0.217 e. The van der Waals surface area contributed by atoms with Crippen LogP contribution in [0.2, 0.25) is 0 Å². The number of para-hydroxylation sites is 2. The van der Waals surface area contributed by atoms with Crippen molar-refractivity contribution in [3.05, 3.63) is 65.5 Å². The maximum absolute atomic E-state index is 11.4. The lowest BCUT2D eigenvalue weighted by Crippen LogP contribution is -2.49. The number of rotatable bonds is 5. The lowest BCUT2D eigenvalue weighted by atomic mass is 9.96. The van der Waals surface area contributed by atoms with E-state index in [0.717, 1.165) is 36.4 Å². The number of piperidine rings is 1. The number of carbonyl (C=O) groups excluding carboxylic acids is 1. The lowest BCUT2D eigenvalue weighted by Gasteiger charge is -2.39. The van der Waals surface area contributed by atoms with Crippen molar-refractivity contribution >= 4 is 17.0 Å². The minimum Gasteiger partial charge on any atom is -0.440 e. The van der Waals surface area contributed by atoms with Gasteiger partial charge in [-0.05, 0) is 48.9 Å². The first kappa shape index (κ1) is 18.4. The van der Waals surface area contributed by atoms with E-state index in [9.17, 15) is 4.79 Å². The van der Waals surface area contributed by atoms with Crippen LogP contribution in [-0.4, -0.2) is 33.9 Å². The van der Waals surface area contributed by atoms with E-state index >= 15 is 0 Å². The van der Waals surface area contributed by atoms with Gasteiger partial charge in [0.1, 0.15) is 5.52 Å². The van der Waals surface area contributed by atoms with Crippen molar-refractivity contribution < 1.29 is 9.21 Å². The Bertz CT molecular complexity index is 963. The second-order valence-electron chi connectivity index (χ2n) is 8.49. The minimum atomic E-state index is 0.0948. The third kappa shape index (κ3) is 3.92. The maximum atomic E-state index is 11.4. The molecule has 3 heterocycles. The Morgan fingerprint density at radius 1 is 1.07 bits per heavy atom. The van der Waals surface area contributed by atoms with E-state index in [1.807, 2.05) is 24.3 Å². The standard InChI is InChI=1S/C24H27N3O2/c1-16(28)25-19-13-20-10-11-21(14-19)27(20)15-18-8-6-17(7-9-18)12-24-26-22-4-2-3-5-23(22)29-24/h2-9,19-21H,10-15H2,1H3,(H,25,28)/t19?,20-,21?/m1/s1. The second kappa shape index (κ2) is 7.64. The zero-order chi connectivity index (χ0) is 19.8. The fourth-order valence-electron chi connectivity index (χ4n) is 5.08. The second-order valence-corrected chi connectivity index (χ2v) is 8.49. The number of carbonyl (C=O) groups is 1. The Morgan fingerprint density at radius 2 is 1.76 bits per heavy atom. The SMILES string of the molecule is CC(=O)NC1CC2CC[C@H](C1)N2Cc1ccc(Cc2nc3ccccc3o2)cc1. The number of amides is 1. The number of hydrogen-bond donors (Lipinski definition) is 1. The molecule has 1 amide bonds. The van der Waals surface area contributed by atoms with Crippen molar-refractivity contribution in [2.75, 3.05) is 0 Å². The van der Waals surface area contributed by atoms with Gasteiger partial charge in [0.05, 0.1) is 0 Å². The molecule has 0 radical (unpaired) electrons. The quantitative estimate of drug-likeness (QED) is 0.715. The molecule has 2 unspecified atom stereocenters. The molecular formula is C24H27N3O2. The fourth-order valence-corrected chi connectivity index (χ4v) is 5.08. The molecule has 1 N–H and O–H groups in total. The van der Waals surface area contributed by atoms with Gasteiger partial charge in [-0.1, -0.05) is 36.4 Å². The topological polar surface area (TPSA) is 58.4 Å². The molecule has 0 aliphatic carbocycles. The molecule has 0 spiro atoms. The summed E-state index contributed by atoms with van der Waals surface area (Å²) < 4.78 is 5.85. The van der Waals surface area contributed by atoms with E-state index in [4.69, 9.17) is 4.42 Å². The van der Waals surface area contributed by atoms with Crippen LogP contribution in [0.4, 0.5) is 0 Å². The lowest BCUT2D eigenvalue weighted by molar-refractivity contribution is -0.120. The molecule has 2 aliphatic heterocycles. The largest absolute Gasteiger partial charge is 0.440 e. The van der Waals surface area contributed by atoms with Gasteiger partial charge in [0.2, 0.25) is 5.91 Å². The first-order valence-electron chi connectivity index (χ1n) is 10.6. The highest BCUT2D eigenvalue weighted by atomic mass is 16.3. The minimum absolute atomic E-state index is 0.0948. The van der Waals surface area contributed by atoms with Gasteiger partial charge in [-0.3, -0.25) is 9.69 Å². The summed E-state index contributed by atoms with van der Waals surface area (Å²) in [6, 6.07) is 18.3. The van der Waals surface area contributed by atoms with Gasteiger partial charge < -0.3 is 9.73 Å². The highest BCUT2D eigenvalue weighted by Gasteiger charge is 2.40. The van der Waals surface area contributed by atoms with Gasteiger partial charge >= 0.3 is 0 Å². The average molecular weight is 389 g/mol. The van der Waals surface area contributed by atoms with Crippen molar-refractivity contribution in [2.45, 2.75) is 63.7 Å². The summed E-state index contributed by atoms with van der Waals surface area (Å²) in [4.78, 5) is 18.6. The van der Waals surface area contributed by atoms with E-state index < -0.39 is 0 Å². The van der Waals surface area contributed by atoms with Crippen molar-refractivity contribution in [2.24, 2.45) is 0 Å². The zero-order valence-electron chi connectivity index (χ0n) is 16.8. The number of oxazole rings is 1. The molecule has 2 fully saturated rings. The average Bonchev–Trinajstić information content (AvgIpc) is 3.20. The van der Waals surface area contributed by atoms with Crippen molar-refractivity contribution in [1.82, 2.24) is 15.2 Å². The number of hydrogen-bond acceptors (Lipinski definition) is 4. The third-order valence-electron chi connectivity index (χ3n) is 6.37. The van der Waals surface area contributed by atoms with E-state index in [2.05, 4.69) is 39.5 Å². The first-order chi connectivity index (χ1) is 14.1. The normalized spacial score (nSPS) is 24.1. The van der Waals surface area contributed by atoms with Crippen LogP contribution < -0.4 is 5.32 Å². The van der Waals surface area contributed by atoms with E-state index in [-0.39, 0.29) is 5.91 Å². The molecule has 5 heteroatoms. The summed E-state index contributed by atoms with van der Waals surface area (Å²) in [7, 11) is 0. The number of aromatic nitrogens is 1. The Balaban J connectivity index is 1.22. The van der Waals surface area contributed by atoms with Gasteiger partial charge in [0, 0.05) is 38.0 Å². The van der Waals surface area contributed by atoms with Gasteiger partial charge in [-0.2, -0.15) is 0 Å². The summed E-state index contributed by atoms with van der Waals surface area (Å²) in [5.74, 6) is 0.856.